The van der Waals surface area contributed by atoms with Gasteiger partial charge in [0.25, 0.3) is 0 Å². The Labute approximate surface area is 69.6 Å². The van der Waals surface area contributed by atoms with Gasteiger partial charge in [-0.05, 0) is 31.9 Å². The molecule has 0 aromatic heterocycles. The fraction of sp³-hybridized carbons (Fsp3) is 0.273. The summed E-state index contributed by atoms with van der Waals surface area (Å²) in [6.45, 7) is 13.6. The Morgan fingerprint density at radius 1 is 1.27 bits per heavy atom. The van der Waals surface area contributed by atoms with Gasteiger partial charge in [0.2, 0.25) is 0 Å². The van der Waals surface area contributed by atoms with Gasteiger partial charge < -0.3 is 0 Å². The molecule has 0 rings (SSSR count). The van der Waals surface area contributed by atoms with Crippen LogP contribution in [0.2, 0.25) is 0 Å². The van der Waals surface area contributed by atoms with E-state index in [0.29, 0.717) is 0 Å². The molecular formula is C11H16. The molecule has 0 aliphatic rings. The van der Waals surface area contributed by atoms with Gasteiger partial charge in [0.1, 0.15) is 0 Å². The minimum atomic E-state index is 1.10. The van der Waals surface area contributed by atoms with Gasteiger partial charge in [-0.15, -0.1) is 0 Å². The van der Waals surface area contributed by atoms with Crippen LogP contribution in [0.15, 0.2) is 48.1 Å². The van der Waals surface area contributed by atoms with Crippen LogP contribution in [-0.4, -0.2) is 0 Å². The molecule has 0 heterocycles. The first-order valence-electron chi connectivity index (χ1n) is 3.75. The molecule has 0 nitrogen and oxygen atoms in total. The molecule has 60 valence electrons. The molecule has 0 saturated heterocycles. The van der Waals surface area contributed by atoms with Crippen LogP contribution >= 0.6 is 0 Å². The first kappa shape index (κ1) is 9.96. The van der Waals surface area contributed by atoms with E-state index in [4.69, 9.17) is 0 Å². The van der Waals surface area contributed by atoms with Crippen LogP contribution in [0.3, 0.4) is 0 Å². The van der Waals surface area contributed by atoms with Crippen molar-refractivity contribution < 1.29 is 0 Å². The lowest BCUT2D eigenvalue weighted by atomic mass is 10.0. The predicted molar refractivity (Wildman–Crippen MR) is 52.5 cm³/mol. The highest BCUT2D eigenvalue weighted by atomic mass is 14.0. The average molecular weight is 148 g/mol. The second-order valence-corrected chi connectivity index (χ2v) is 2.57. The highest BCUT2D eigenvalue weighted by molar-refractivity contribution is 5.43. The monoisotopic (exact) mass is 148 g/mol. The number of rotatable bonds is 3. The summed E-state index contributed by atoms with van der Waals surface area (Å²) in [7, 11) is 0. The van der Waals surface area contributed by atoms with Crippen LogP contribution in [0, 0.1) is 0 Å². The highest BCUT2D eigenvalue weighted by Gasteiger charge is 1.96. The number of allylic oxidation sites excluding steroid dienone is 6. The van der Waals surface area contributed by atoms with Crippen molar-refractivity contribution in [3.63, 3.8) is 0 Å². The zero-order valence-corrected chi connectivity index (χ0v) is 7.65. The molecule has 0 spiro atoms. The van der Waals surface area contributed by atoms with Crippen molar-refractivity contribution in [1.29, 1.82) is 0 Å². The Kier molecular flexibility index (Phi) is 4.28. The minimum Gasteiger partial charge on any atom is -0.0991 e. The van der Waals surface area contributed by atoms with Gasteiger partial charge in [-0.2, -0.15) is 0 Å². The van der Waals surface area contributed by atoms with E-state index in [1.165, 1.54) is 11.1 Å². The molecule has 0 fully saturated rings. The van der Waals surface area contributed by atoms with Gasteiger partial charge in [-0.1, -0.05) is 37.0 Å². The van der Waals surface area contributed by atoms with Crippen molar-refractivity contribution in [2.75, 3.05) is 0 Å². The van der Waals surface area contributed by atoms with Crippen LogP contribution in [-0.2, 0) is 0 Å². The maximum absolute atomic E-state index is 3.89. The molecule has 0 saturated carbocycles. The van der Waals surface area contributed by atoms with Crippen molar-refractivity contribution >= 4 is 0 Å². The molecule has 0 N–H and O–H groups in total. The molecule has 0 aliphatic carbocycles. The van der Waals surface area contributed by atoms with E-state index in [2.05, 4.69) is 26.2 Å². The maximum atomic E-state index is 3.89. The third-order valence-electron chi connectivity index (χ3n) is 1.54. The molecule has 0 radical (unpaired) electrons. The summed E-state index contributed by atoms with van der Waals surface area (Å²) in [4.78, 5) is 0. The normalized spacial score (nSPS) is 13.0. The molecule has 0 heteroatoms. The Bertz CT molecular complexity index is 214. The Hall–Kier alpha value is -1.04. The van der Waals surface area contributed by atoms with Gasteiger partial charge in [0.15, 0.2) is 0 Å². The summed E-state index contributed by atoms with van der Waals surface area (Å²) in [6.07, 6.45) is 5.85. The fourth-order valence-electron chi connectivity index (χ4n) is 1.08. The molecule has 11 heavy (non-hydrogen) atoms. The van der Waals surface area contributed by atoms with Crippen molar-refractivity contribution in [3.8, 4) is 0 Å². The van der Waals surface area contributed by atoms with Crippen LogP contribution in [0.25, 0.3) is 0 Å². The Morgan fingerprint density at radius 3 is 2.09 bits per heavy atom. The van der Waals surface area contributed by atoms with E-state index in [1.807, 2.05) is 19.9 Å². The topological polar surface area (TPSA) is 0 Å². The van der Waals surface area contributed by atoms with Crippen molar-refractivity contribution in [3.05, 3.63) is 48.1 Å². The summed E-state index contributed by atoms with van der Waals surface area (Å²) in [5.41, 5.74) is 3.53. The van der Waals surface area contributed by atoms with Crippen LogP contribution in [0.4, 0.5) is 0 Å². The number of hydrogen-bond acceptors (Lipinski definition) is 0. The van der Waals surface area contributed by atoms with E-state index < -0.39 is 0 Å². The third-order valence-corrected chi connectivity index (χ3v) is 1.54. The third kappa shape index (κ3) is 3.03. The SMILES string of the molecule is C=C/C=C(C)/C(=C/C)C(=C)C. The van der Waals surface area contributed by atoms with Crippen molar-refractivity contribution in [2.45, 2.75) is 20.8 Å². The second-order valence-electron chi connectivity index (χ2n) is 2.57. The smallest absolute Gasteiger partial charge is 0.0247 e. The molecular weight excluding hydrogens is 132 g/mol. The van der Waals surface area contributed by atoms with Crippen molar-refractivity contribution in [2.24, 2.45) is 0 Å². The standard InChI is InChI=1S/C11H16/c1-6-8-10(5)11(7-2)9(3)4/h6-8H,1,3H2,2,4-5H3/b10-8+,11-7+. The lowest BCUT2D eigenvalue weighted by Crippen LogP contribution is -1.85. The maximum Gasteiger partial charge on any atom is -0.0247 e. The highest BCUT2D eigenvalue weighted by Crippen LogP contribution is 2.16. The Morgan fingerprint density at radius 2 is 1.82 bits per heavy atom. The van der Waals surface area contributed by atoms with Crippen LogP contribution < -0.4 is 0 Å². The minimum absolute atomic E-state index is 1.10. The first-order valence-corrected chi connectivity index (χ1v) is 3.75. The van der Waals surface area contributed by atoms with Crippen molar-refractivity contribution in [1.82, 2.24) is 0 Å². The van der Waals surface area contributed by atoms with E-state index in [1.54, 1.807) is 6.08 Å². The van der Waals surface area contributed by atoms with Gasteiger partial charge >= 0.3 is 0 Å². The van der Waals surface area contributed by atoms with E-state index in [0.717, 1.165) is 5.57 Å². The zero-order valence-electron chi connectivity index (χ0n) is 7.65. The fourth-order valence-corrected chi connectivity index (χ4v) is 1.08. The van der Waals surface area contributed by atoms with E-state index in [-0.39, 0.29) is 0 Å². The van der Waals surface area contributed by atoms with Crippen LogP contribution in [0.1, 0.15) is 20.8 Å². The second kappa shape index (κ2) is 4.73. The molecule has 0 aromatic rings. The molecule has 0 bridgehead atoms. The molecule has 0 unspecified atom stereocenters. The number of hydrogen-bond donors (Lipinski definition) is 0. The van der Waals surface area contributed by atoms with Crippen LogP contribution in [0.5, 0.6) is 0 Å². The lowest BCUT2D eigenvalue weighted by Gasteiger charge is -2.04. The van der Waals surface area contributed by atoms with Gasteiger partial charge in [-0.3, -0.25) is 0 Å². The van der Waals surface area contributed by atoms with Gasteiger partial charge in [0.05, 0.1) is 0 Å². The molecule has 0 aliphatic heterocycles. The quantitative estimate of drug-likeness (QED) is 0.536. The largest absolute Gasteiger partial charge is 0.0991 e. The molecule has 0 aromatic carbocycles. The van der Waals surface area contributed by atoms with E-state index in [9.17, 15) is 0 Å². The summed E-state index contributed by atoms with van der Waals surface area (Å²) in [5, 5.41) is 0. The average Bonchev–Trinajstić information content (AvgIpc) is 1.88. The predicted octanol–water partition coefficient (Wildman–Crippen LogP) is 3.64. The first-order chi connectivity index (χ1) is 5.13. The summed E-state index contributed by atoms with van der Waals surface area (Å²) in [6, 6.07) is 0. The molecule has 0 amide bonds. The molecule has 0 atom stereocenters. The Balaban J connectivity index is 4.67. The summed E-state index contributed by atoms with van der Waals surface area (Å²) in [5.74, 6) is 0. The van der Waals surface area contributed by atoms with E-state index >= 15 is 0 Å². The van der Waals surface area contributed by atoms with Gasteiger partial charge in [0, 0.05) is 0 Å². The summed E-state index contributed by atoms with van der Waals surface area (Å²) >= 11 is 0. The zero-order chi connectivity index (χ0) is 8.85. The van der Waals surface area contributed by atoms with Gasteiger partial charge in [-0.25, -0.2) is 0 Å². The summed E-state index contributed by atoms with van der Waals surface area (Å²) < 4.78 is 0. The lowest BCUT2D eigenvalue weighted by molar-refractivity contribution is 1.32.